The standard InChI is InChI=1S/C12H6Cl3N3O3/c13-6-2-1-3-7(14)10(6)12(19)17-11-8(18(20)21)4-5-9(15)16-11/h1-5H,(H,16,17,19). The molecule has 0 atom stereocenters. The van der Waals surface area contributed by atoms with E-state index in [2.05, 4.69) is 10.3 Å². The van der Waals surface area contributed by atoms with Crippen LogP contribution < -0.4 is 5.32 Å². The summed E-state index contributed by atoms with van der Waals surface area (Å²) in [4.78, 5) is 26.1. The van der Waals surface area contributed by atoms with E-state index < -0.39 is 16.5 Å². The second-order valence-electron chi connectivity index (χ2n) is 3.81. The van der Waals surface area contributed by atoms with Gasteiger partial charge in [-0.15, -0.1) is 0 Å². The van der Waals surface area contributed by atoms with Crippen LogP contribution in [0.1, 0.15) is 10.4 Å². The third-order valence-corrected chi connectivity index (χ3v) is 3.30. The van der Waals surface area contributed by atoms with Crippen molar-refractivity contribution in [3.05, 3.63) is 61.2 Å². The molecule has 0 radical (unpaired) electrons. The minimum atomic E-state index is -0.719. The molecule has 1 N–H and O–H groups in total. The number of hydrogen-bond donors (Lipinski definition) is 1. The van der Waals surface area contributed by atoms with Gasteiger partial charge in [0.15, 0.2) is 0 Å². The van der Waals surface area contributed by atoms with Crippen LogP contribution in [0.5, 0.6) is 0 Å². The van der Waals surface area contributed by atoms with E-state index in [4.69, 9.17) is 34.8 Å². The van der Waals surface area contributed by atoms with Crippen molar-refractivity contribution >= 4 is 52.2 Å². The first-order chi connectivity index (χ1) is 9.90. The molecule has 0 fully saturated rings. The first kappa shape index (κ1) is 15.5. The highest BCUT2D eigenvalue weighted by atomic mass is 35.5. The molecule has 0 aliphatic heterocycles. The van der Waals surface area contributed by atoms with E-state index in [1.54, 1.807) is 6.07 Å². The van der Waals surface area contributed by atoms with Gasteiger partial charge in [0, 0.05) is 6.07 Å². The van der Waals surface area contributed by atoms with Crippen molar-refractivity contribution in [3.63, 3.8) is 0 Å². The summed E-state index contributed by atoms with van der Waals surface area (Å²) in [6, 6.07) is 6.91. The van der Waals surface area contributed by atoms with E-state index in [0.29, 0.717) is 0 Å². The second kappa shape index (κ2) is 6.26. The van der Waals surface area contributed by atoms with E-state index in [0.717, 1.165) is 6.07 Å². The molecule has 0 saturated heterocycles. The number of aromatic nitrogens is 1. The van der Waals surface area contributed by atoms with Crippen LogP contribution in [0, 0.1) is 10.1 Å². The van der Waals surface area contributed by atoms with Gasteiger partial charge in [-0.3, -0.25) is 14.9 Å². The van der Waals surface area contributed by atoms with Crippen LogP contribution in [0.15, 0.2) is 30.3 Å². The fourth-order valence-electron chi connectivity index (χ4n) is 1.55. The van der Waals surface area contributed by atoms with Gasteiger partial charge in [-0.25, -0.2) is 4.98 Å². The van der Waals surface area contributed by atoms with Gasteiger partial charge < -0.3 is 5.32 Å². The van der Waals surface area contributed by atoms with Crippen LogP contribution in [0.25, 0.3) is 0 Å². The van der Waals surface area contributed by atoms with Crippen molar-refractivity contribution < 1.29 is 9.72 Å². The predicted octanol–water partition coefficient (Wildman–Crippen LogP) is 4.20. The van der Waals surface area contributed by atoms with Gasteiger partial charge in [-0.2, -0.15) is 0 Å². The van der Waals surface area contributed by atoms with Gasteiger partial charge in [-0.1, -0.05) is 40.9 Å². The largest absolute Gasteiger partial charge is 0.311 e. The Morgan fingerprint density at radius 2 is 1.76 bits per heavy atom. The van der Waals surface area contributed by atoms with Crippen molar-refractivity contribution in [2.45, 2.75) is 0 Å². The summed E-state index contributed by atoms with van der Waals surface area (Å²) in [6.45, 7) is 0. The number of nitrogens with one attached hydrogen (secondary N) is 1. The molecule has 1 aromatic carbocycles. The summed E-state index contributed by atoms with van der Waals surface area (Å²) in [5.41, 5.74) is -0.396. The summed E-state index contributed by atoms with van der Waals surface area (Å²) >= 11 is 17.5. The summed E-state index contributed by atoms with van der Waals surface area (Å²) in [6.07, 6.45) is 0. The van der Waals surface area contributed by atoms with E-state index in [1.165, 1.54) is 18.2 Å². The topological polar surface area (TPSA) is 85.1 Å². The molecule has 0 unspecified atom stereocenters. The average molecular weight is 347 g/mol. The van der Waals surface area contributed by atoms with Gasteiger partial charge in [0.05, 0.1) is 20.5 Å². The van der Waals surface area contributed by atoms with Crippen LogP contribution in [0.3, 0.4) is 0 Å². The highest BCUT2D eigenvalue weighted by Gasteiger charge is 2.21. The van der Waals surface area contributed by atoms with Gasteiger partial charge in [0.2, 0.25) is 5.82 Å². The normalized spacial score (nSPS) is 10.2. The fourth-order valence-corrected chi connectivity index (χ4v) is 2.27. The Labute approximate surface area is 133 Å². The van der Waals surface area contributed by atoms with Crippen LogP contribution in [-0.2, 0) is 0 Å². The lowest BCUT2D eigenvalue weighted by molar-refractivity contribution is -0.384. The van der Waals surface area contributed by atoms with E-state index in [9.17, 15) is 14.9 Å². The molecule has 0 aliphatic rings. The summed E-state index contributed by atoms with van der Waals surface area (Å²) in [5, 5.41) is 13.4. The maximum Gasteiger partial charge on any atom is 0.311 e. The number of nitrogens with zero attached hydrogens (tertiary/aromatic N) is 2. The first-order valence-electron chi connectivity index (χ1n) is 5.46. The fraction of sp³-hybridized carbons (Fsp3) is 0. The van der Waals surface area contributed by atoms with E-state index >= 15 is 0 Å². The molecule has 0 bridgehead atoms. The van der Waals surface area contributed by atoms with Gasteiger partial charge in [0.25, 0.3) is 5.91 Å². The number of amides is 1. The molecule has 6 nitrogen and oxygen atoms in total. The van der Waals surface area contributed by atoms with E-state index in [-0.39, 0.29) is 26.6 Å². The van der Waals surface area contributed by atoms with Crippen molar-refractivity contribution in [3.8, 4) is 0 Å². The first-order valence-corrected chi connectivity index (χ1v) is 6.60. The van der Waals surface area contributed by atoms with Crippen molar-refractivity contribution in [2.24, 2.45) is 0 Å². The lowest BCUT2D eigenvalue weighted by atomic mass is 10.2. The number of hydrogen-bond acceptors (Lipinski definition) is 4. The van der Waals surface area contributed by atoms with Gasteiger partial charge in [0.1, 0.15) is 5.15 Å². The third-order valence-electron chi connectivity index (χ3n) is 2.46. The van der Waals surface area contributed by atoms with Crippen LogP contribution in [0.4, 0.5) is 11.5 Å². The minimum Gasteiger partial charge on any atom is -0.301 e. The second-order valence-corrected chi connectivity index (χ2v) is 5.01. The summed E-state index contributed by atoms with van der Waals surface area (Å²) in [5.74, 6) is -1.00. The van der Waals surface area contributed by atoms with Crippen molar-refractivity contribution in [2.75, 3.05) is 5.32 Å². The van der Waals surface area contributed by atoms with Crippen LogP contribution in [0.2, 0.25) is 15.2 Å². The molecule has 0 spiro atoms. The zero-order chi connectivity index (χ0) is 15.6. The molecule has 0 aliphatic carbocycles. The maximum atomic E-state index is 12.2. The monoisotopic (exact) mass is 345 g/mol. The van der Waals surface area contributed by atoms with Crippen LogP contribution in [-0.4, -0.2) is 15.8 Å². The average Bonchev–Trinajstić information content (AvgIpc) is 2.38. The Morgan fingerprint density at radius 1 is 1.14 bits per heavy atom. The zero-order valence-electron chi connectivity index (χ0n) is 10.1. The number of halogens is 3. The lowest BCUT2D eigenvalue weighted by Crippen LogP contribution is -2.15. The summed E-state index contributed by atoms with van der Waals surface area (Å²) in [7, 11) is 0. The Balaban J connectivity index is 2.40. The molecular formula is C12H6Cl3N3O3. The SMILES string of the molecule is O=C(Nc1nc(Cl)ccc1[N+](=O)[O-])c1c(Cl)cccc1Cl. The molecule has 9 heteroatoms. The summed E-state index contributed by atoms with van der Waals surface area (Å²) < 4.78 is 0. The zero-order valence-corrected chi connectivity index (χ0v) is 12.4. The molecule has 2 aromatic rings. The minimum absolute atomic E-state index is 0.00107. The molecule has 1 aromatic heterocycles. The van der Waals surface area contributed by atoms with Gasteiger partial charge >= 0.3 is 5.69 Å². The predicted molar refractivity (Wildman–Crippen MR) is 80.3 cm³/mol. The highest BCUT2D eigenvalue weighted by Crippen LogP contribution is 2.28. The van der Waals surface area contributed by atoms with Crippen LogP contribution >= 0.6 is 34.8 Å². The lowest BCUT2D eigenvalue weighted by Gasteiger charge is -2.08. The molecule has 108 valence electrons. The number of carbonyl (C=O) groups is 1. The molecule has 2 rings (SSSR count). The highest BCUT2D eigenvalue weighted by molar-refractivity contribution is 6.40. The number of anilines is 1. The smallest absolute Gasteiger partial charge is 0.301 e. The maximum absolute atomic E-state index is 12.2. The number of benzene rings is 1. The molecule has 21 heavy (non-hydrogen) atoms. The van der Waals surface area contributed by atoms with Crippen molar-refractivity contribution in [1.82, 2.24) is 4.98 Å². The number of nitro groups is 1. The Hall–Kier alpha value is -1.89. The Bertz CT molecular complexity index is 717. The number of carbonyl (C=O) groups excluding carboxylic acids is 1. The Kier molecular flexibility index (Phi) is 4.62. The number of pyridine rings is 1. The van der Waals surface area contributed by atoms with Gasteiger partial charge in [-0.05, 0) is 18.2 Å². The quantitative estimate of drug-likeness (QED) is 0.512. The molecule has 1 heterocycles. The Morgan fingerprint density at radius 3 is 2.33 bits per heavy atom. The van der Waals surface area contributed by atoms with Crippen molar-refractivity contribution in [1.29, 1.82) is 0 Å². The van der Waals surface area contributed by atoms with E-state index in [1.807, 2.05) is 0 Å². The third kappa shape index (κ3) is 3.41. The molecule has 1 amide bonds. The molecular weight excluding hydrogens is 341 g/mol. The molecule has 0 saturated carbocycles. The number of rotatable bonds is 3.